The highest BCUT2D eigenvalue weighted by Gasteiger charge is 2.44. The quantitative estimate of drug-likeness (QED) is 0.779. The van der Waals surface area contributed by atoms with Gasteiger partial charge in [0.1, 0.15) is 5.82 Å². The Hall–Kier alpha value is -2.02. The summed E-state index contributed by atoms with van der Waals surface area (Å²) in [5.41, 5.74) is 2.90. The zero-order chi connectivity index (χ0) is 16.7. The van der Waals surface area contributed by atoms with Crippen LogP contribution in [0.2, 0.25) is 0 Å². The van der Waals surface area contributed by atoms with E-state index in [0.29, 0.717) is 12.1 Å². The molecule has 2 aliphatic rings. The third kappa shape index (κ3) is 2.47. The molecule has 2 fully saturated rings. The molecule has 0 N–H and O–H groups in total. The SMILES string of the molecule is C=CC=C(C)N1CC2CC1CN2c1nc(CCC)nc2nsnc12. The third-order valence-electron chi connectivity index (χ3n) is 4.95. The summed E-state index contributed by atoms with van der Waals surface area (Å²) in [4.78, 5) is 14.3. The van der Waals surface area contributed by atoms with Crippen molar-refractivity contribution in [2.45, 2.75) is 45.2 Å². The summed E-state index contributed by atoms with van der Waals surface area (Å²) in [7, 11) is 0. The minimum Gasteiger partial charge on any atom is -0.368 e. The Morgan fingerprint density at radius 1 is 1.29 bits per heavy atom. The van der Waals surface area contributed by atoms with Gasteiger partial charge in [-0.15, -0.1) is 0 Å². The molecule has 2 unspecified atom stereocenters. The predicted octanol–water partition coefficient (Wildman–Crippen LogP) is 2.79. The number of rotatable bonds is 5. The second kappa shape index (κ2) is 6.12. The van der Waals surface area contributed by atoms with Gasteiger partial charge in [0, 0.05) is 31.2 Å². The van der Waals surface area contributed by atoms with Gasteiger partial charge in [0.2, 0.25) is 0 Å². The van der Waals surface area contributed by atoms with Crippen molar-refractivity contribution in [2.24, 2.45) is 0 Å². The minimum absolute atomic E-state index is 0.484. The monoisotopic (exact) mass is 342 g/mol. The van der Waals surface area contributed by atoms with Crippen LogP contribution in [0.5, 0.6) is 0 Å². The second-order valence-corrected chi connectivity index (χ2v) is 7.07. The maximum Gasteiger partial charge on any atom is 0.198 e. The summed E-state index contributed by atoms with van der Waals surface area (Å²) in [6.07, 6.45) is 7.06. The summed E-state index contributed by atoms with van der Waals surface area (Å²) in [6.45, 7) is 10.1. The van der Waals surface area contributed by atoms with E-state index in [-0.39, 0.29) is 0 Å². The molecule has 7 heteroatoms. The van der Waals surface area contributed by atoms with E-state index >= 15 is 0 Å². The molecule has 2 aliphatic heterocycles. The number of hydrogen-bond donors (Lipinski definition) is 0. The fraction of sp³-hybridized carbons (Fsp3) is 0.529. The molecule has 0 radical (unpaired) electrons. The lowest BCUT2D eigenvalue weighted by Crippen LogP contribution is -2.46. The van der Waals surface area contributed by atoms with E-state index < -0.39 is 0 Å². The van der Waals surface area contributed by atoms with Crippen LogP contribution in [-0.4, -0.2) is 48.8 Å². The van der Waals surface area contributed by atoms with Gasteiger partial charge in [-0.05, 0) is 25.8 Å². The van der Waals surface area contributed by atoms with Gasteiger partial charge in [-0.2, -0.15) is 8.75 Å². The normalized spacial score (nSPS) is 23.5. The van der Waals surface area contributed by atoms with Crippen molar-refractivity contribution in [3.63, 3.8) is 0 Å². The molecule has 2 aromatic heterocycles. The highest BCUT2D eigenvalue weighted by Crippen LogP contribution is 2.37. The van der Waals surface area contributed by atoms with Crippen LogP contribution < -0.4 is 4.90 Å². The lowest BCUT2D eigenvalue weighted by atomic mass is 10.2. The maximum atomic E-state index is 4.84. The Balaban J connectivity index is 1.65. The molecule has 6 nitrogen and oxygen atoms in total. The van der Waals surface area contributed by atoms with Crippen molar-refractivity contribution in [1.29, 1.82) is 0 Å². The topological polar surface area (TPSA) is 58.0 Å². The Labute approximate surface area is 146 Å². The van der Waals surface area contributed by atoms with Gasteiger partial charge in [0.05, 0.1) is 17.8 Å². The molecule has 4 heterocycles. The van der Waals surface area contributed by atoms with Gasteiger partial charge < -0.3 is 9.80 Å². The van der Waals surface area contributed by atoms with Crippen LogP contribution in [0.3, 0.4) is 0 Å². The first-order valence-electron chi connectivity index (χ1n) is 8.53. The van der Waals surface area contributed by atoms with Gasteiger partial charge in [0.25, 0.3) is 0 Å². The number of aryl methyl sites for hydroxylation is 1. The average Bonchev–Trinajstić information content (AvgIpc) is 3.29. The number of likely N-dealkylation sites (tertiary alicyclic amines) is 1. The number of piperazine rings is 1. The second-order valence-electron chi connectivity index (χ2n) is 6.54. The molecule has 2 aromatic rings. The number of hydrogen-bond acceptors (Lipinski definition) is 7. The molecule has 0 aliphatic carbocycles. The maximum absolute atomic E-state index is 4.84. The van der Waals surface area contributed by atoms with Crippen molar-refractivity contribution in [3.05, 3.63) is 30.3 Å². The molecule has 0 spiro atoms. The lowest BCUT2D eigenvalue weighted by molar-refractivity contribution is 0.302. The molecule has 0 amide bonds. The van der Waals surface area contributed by atoms with E-state index in [4.69, 9.17) is 4.98 Å². The van der Waals surface area contributed by atoms with E-state index in [2.05, 4.69) is 50.0 Å². The van der Waals surface area contributed by atoms with Gasteiger partial charge in [0.15, 0.2) is 17.0 Å². The third-order valence-corrected chi connectivity index (χ3v) is 5.47. The molecule has 0 saturated carbocycles. The standard InChI is InChI=1S/C17H22N6S/c1-4-6-11(3)22-9-13-8-12(22)10-23(13)17-15-16(21-24-20-15)18-14(19-17)7-5-2/h4,6,12-13H,1,5,7-10H2,2-3H3. The largest absolute Gasteiger partial charge is 0.368 e. The molecule has 2 bridgehead atoms. The van der Waals surface area contributed by atoms with E-state index in [1.54, 1.807) is 0 Å². The minimum atomic E-state index is 0.484. The van der Waals surface area contributed by atoms with Crippen molar-refractivity contribution in [2.75, 3.05) is 18.0 Å². The molecule has 2 saturated heterocycles. The van der Waals surface area contributed by atoms with Crippen LogP contribution in [0.15, 0.2) is 24.4 Å². The highest BCUT2D eigenvalue weighted by atomic mass is 32.1. The lowest BCUT2D eigenvalue weighted by Gasteiger charge is -2.36. The first-order chi connectivity index (χ1) is 11.7. The van der Waals surface area contributed by atoms with Gasteiger partial charge >= 0.3 is 0 Å². The summed E-state index contributed by atoms with van der Waals surface area (Å²) < 4.78 is 8.80. The summed E-state index contributed by atoms with van der Waals surface area (Å²) >= 11 is 1.22. The first kappa shape index (κ1) is 15.5. The zero-order valence-electron chi connectivity index (χ0n) is 14.1. The predicted molar refractivity (Wildman–Crippen MR) is 97.2 cm³/mol. The van der Waals surface area contributed by atoms with Crippen molar-refractivity contribution < 1.29 is 0 Å². The van der Waals surface area contributed by atoms with Crippen LogP contribution in [0.25, 0.3) is 11.2 Å². The zero-order valence-corrected chi connectivity index (χ0v) is 15.0. The number of allylic oxidation sites excluding steroid dienone is 3. The number of aromatic nitrogens is 4. The van der Waals surface area contributed by atoms with Crippen LogP contribution in [0.1, 0.15) is 32.5 Å². The van der Waals surface area contributed by atoms with Crippen molar-refractivity contribution in [3.8, 4) is 0 Å². The van der Waals surface area contributed by atoms with Crippen LogP contribution in [-0.2, 0) is 6.42 Å². The highest BCUT2D eigenvalue weighted by molar-refractivity contribution is 7.00. The fourth-order valence-electron chi connectivity index (χ4n) is 3.88. The first-order valence-corrected chi connectivity index (χ1v) is 9.26. The van der Waals surface area contributed by atoms with Crippen LogP contribution in [0.4, 0.5) is 5.82 Å². The summed E-state index contributed by atoms with van der Waals surface area (Å²) in [5.74, 6) is 1.87. The Morgan fingerprint density at radius 2 is 2.17 bits per heavy atom. The van der Waals surface area contributed by atoms with Gasteiger partial charge in [-0.1, -0.05) is 19.6 Å². The fourth-order valence-corrected chi connectivity index (χ4v) is 4.37. The summed E-state index contributed by atoms with van der Waals surface area (Å²) in [6, 6.07) is 1.02. The van der Waals surface area contributed by atoms with E-state index in [0.717, 1.165) is 48.7 Å². The van der Waals surface area contributed by atoms with E-state index in [9.17, 15) is 0 Å². The number of nitrogens with zero attached hydrogens (tertiary/aromatic N) is 6. The number of fused-ring (bicyclic) bond motifs is 3. The van der Waals surface area contributed by atoms with Crippen LogP contribution in [0, 0.1) is 0 Å². The van der Waals surface area contributed by atoms with E-state index in [1.165, 1.54) is 23.8 Å². The molecular formula is C17H22N6S. The van der Waals surface area contributed by atoms with Crippen molar-refractivity contribution >= 4 is 28.7 Å². The average molecular weight is 342 g/mol. The molecule has 24 heavy (non-hydrogen) atoms. The van der Waals surface area contributed by atoms with Crippen LogP contribution >= 0.6 is 11.7 Å². The van der Waals surface area contributed by atoms with E-state index in [1.807, 2.05) is 6.08 Å². The Kier molecular flexibility index (Phi) is 3.96. The number of anilines is 1. The summed E-state index contributed by atoms with van der Waals surface area (Å²) in [5, 5.41) is 0. The van der Waals surface area contributed by atoms with Gasteiger partial charge in [-0.3, -0.25) is 0 Å². The molecule has 126 valence electrons. The molecule has 4 rings (SSSR count). The molecule has 2 atom stereocenters. The van der Waals surface area contributed by atoms with Gasteiger partial charge in [-0.25, -0.2) is 9.97 Å². The molecule has 0 aromatic carbocycles. The molecular weight excluding hydrogens is 320 g/mol. The Morgan fingerprint density at radius 3 is 2.88 bits per heavy atom. The Bertz CT molecular complexity index is 797. The smallest absolute Gasteiger partial charge is 0.198 e. The van der Waals surface area contributed by atoms with Crippen molar-refractivity contribution in [1.82, 2.24) is 23.6 Å².